The summed E-state index contributed by atoms with van der Waals surface area (Å²) < 4.78 is 5.93. The van der Waals surface area contributed by atoms with Crippen LogP contribution in [0.1, 0.15) is 0 Å². The van der Waals surface area contributed by atoms with E-state index in [9.17, 15) is 5.11 Å². The van der Waals surface area contributed by atoms with Gasteiger partial charge in [-0.1, -0.05) is 84.9 Å². The lowest BCUT2D eigenvalue weighted by Gasteiger charge is -2.25. The molecule has 0 aliphatic rings. The molecule has 1 N–H and O–H groups in total. The van der Waals surface area contributed by atoms with Crippen LogP contribution in [-0.2, 0) is 0 Å². The van der Waals surface area contributed by atoms with Gasteiger partial charge in [0.2, 0.25) is 5.89 Å². The van der Waals surface area contributed by atoms with Gasteiger partial charge in [0.05, 0.1) is 11.8 Å². The van der Waals surface area contributed by atoms with Crippen molar-refractivity contribution in [1.82, 2.24) is 4.98 Å². The van der Waals surface area contributed by atoms with Crippen molar-refractivity contribution in [1.29, 1.82) is 0 Å². The molecule has 0 fully saturated rings. The Morgan fingerprint density at radius 2 is 1.00 bits per heavy atom. The van der Waals surface area contributed by atoms with E-state index in [1.807, 2.05) is 30.3 Å². The zero-order chi connectivity index (χ0) is 25.0. The fourth-order valence-electron chi connectivity index (χ4n) is 4.42. The summed E-state index contributed by atoms with van der Waals surface area (Å²) in [6.45, 7) is 0. The second kappa shape index (κ2) is 9.88. The fraction of sp³-hybridized carbons (Fsp3) is 0. The van der Waals surface area contributed by atoms with Gasteiger partial charge in [-0.25, -0.2) is 4.98 Å². The largest absolute Gasteiger partial charge is 0.507 e. The van der Waals surface area contributed by atoms with E-state index in [0.717, 1.165) is 33.8 Å². The van der Waals surface area contributed by atoms with Crippen molar-refractivity contribution in [2.24, 2.45) is 0 Å². The molecule has 0 saturated carbocycles. The van der Waals surface area contributed by atoms with E-state index < -0.39 is 0 Å². The summed E-state index contributed by atoms with van der Waals surface area (Å²) in [4.78, 5) is 6.60. The molecule has 0 amide bonds. The Hall–Kier alpha value is -5.09. The monoisotopic (exact) mass is 480 g/mol. The number of para-hydroxylation sites is 3. The number of rotatable bonds is 6. The number of phenolic OH excluding ortho intramolecular Hbond substituents is 1. The smallest absolute Gasteiger partial charge is 0.230 e. The molecule has 6 rings (SSSR count). The van der Waals surface area contributed by atoms with Crippen LogP contribution < -0.4 is 4.90 Å². The summed E-state index contributed by atoms with van der Waals surface area (Å²) in [5.41, 5.74) is 7.06. The predicted octanol–water partition coefficient (Wildman–Crippen LogP) is 8.85. The van der Waals surface area contributed by atoms with E-state index in [4.69, 9.17) is 4.42 Å². The summed E-state index contributed by atoms with van der Waals surface area (Å²) in [7, 11) is 0. The van der Waals surface area contributed by atoms with Gasteiger partial charge in [-0.15, -0.1) is 0 Å². The molecule has 5 aromatic carbocycles. The Bertz CT molecular complexity index is 1570. The highest BCUT2D eigenvalue weighted by Crippen LogP contribution is 2.36. The third kappa shape index (κ3) is 4.60. The molecular formula is C33H24N2O2. The minimum absolute atomic E-state index is 0.146. The number of hydrogen-bond donors (Lipinski definition) is 1. The maximum Gasteiger partial charge on any atom is 0.230 e. The second-order valence-corrected chi connectivity index (χ2v) is 8.68. The molecular weight excluding hydrogens is 456 g/mol. The van der Waals surface area contributed by atoms with Gasteiger partial charge in [0.1, 0.15) is 5.75 Å². The first-order valence-electron chi connectivity index (χ1n) is 12.1. The first-order chi connectivity index (χ1) is 18.3. The lowest BCUT2D eigenvalue weighted by molar-refractivity contribution is 0.473. The van der Waals surface area contributed by atoms with Gasteiger partial charge < -0.3 is 14.4 Å². The number of phenols is 1. The highest BCUT2D eigenvalue weighted by Gasteiger charge is 2.13. The molecule has 6 aromatic rings. The molecule has 0 unspecified atom stereocenters. The molecule has 1 heterocycles. The molecule has 0 bridgehead atoms. The maximum atomic E-state index is 10.1. The summed E-state index contributed by atoms with van der Waals surface area (Å²) in [5, 5.41) is 10.1. The quantitative estimate of drug-likeness (QED) is 0.259. The van der Waals surface area contributed by atoms with Crippen molar-refractivity contribution >= 4 is 17.1 Å². The van der Waals surface area contributed by atoms with Crippen molar-refractivity contribution in [3.05, 3.63) is 140 Å². The fourth-order valence-corrected chi connectivity index (χ4v) is 4.42. The molecule has 1 aromatic heterocycles. The van der Waals surface area contributed by atoms with Gasteiger partial charge in [-0.3, -0.25) is 0 Å². The Labute approximate surface area is 215 Å². The van der Waals surface area contributed by atoms with Crippen molar-refractivity contribution in [3.63, 3.8) is 0 Å². The molecule has 4 heteroatoms. The first-order valence-corrected chi connectivity index (χ1v) is 12.1. The molecule has 4 nitrogen and oxygen atoms in total. The summed E-state index contributed by atoms with van der Waals surface area (Å²) in [6.07, 6.45) is 1.69. The number of hydrogen-bond acceptors (Lipinski definition) is 4. The molecule has 37 heavy (non-hydrogen) atoms. The highest BCUT2D eigenvalue weighted by molar-refractivity contribution is 5.78. The Morgan fingerprint density at radius 1 is 0.514 bits per heavy atom. The van der Waals surface area contributed by atoms with E-state index >= 15 is 0 Å². The van der Waals surface area contributed by atoms with Crippen LogP contribution in [0.5, 0.6) is 5.75 Å². The van der Waals surface area contributed by atoms with Crippen LogP contribution in [0.2, 0.25) is 0 Å². The van der Waals surface area contributed by atoms with E-state index in [1.54, 1.807) is 24.4 Å². The molecule has 0 radical (unpaired) electrons. The minimum Gasteiger partial charge on any atom is -0.507 e. The minimum atomic E-state index is 0.146. The Kier molecular flexibility index (Phi) is 5.97. The normalized spacial score (nSPS) is 10.8. The number of anilines is 3. The Balaban J connectivity index is 1.26. The van der Waals surface area contributed by atoms with Gasteiger partial charge in [0, 0.05) is 22.6 Å². The standard InChI is InChI=1S/C33H24N2O2/c36-31-14-8-7-13-30(31)33-34-23-32(37-33)26-17-15-24(16-18-26)25-19-21-29(22-20-25)35(27-9-3-1-4-10-27)28-11-5-2-6-12-28/h1-23,36H. The average molecular weight is 481 g/mol. The molecule has 0 aliphatic carbocycles. The van der Waals surface area contributed by atoms with Gasteiger partial charge in [-0.2, -0.15) is 0 Å². The van der Waals surface area contributed by atoms with Gasteiger partial charge in [0.25, 0.3) is 0 Å². The van der Waals surface area contributed by atoms with Crippen LogP contribution in [0.25, 0.3) is 33.9 Å². The highest BCUT2D eigenvalue weighted by atomic mass is 16.4. The third-order valence-corrected chi connectivity index (χ3v) is 6.30. The SMILES string of the molecule is Oc1ccccc1-c1ncc(-c2ccc(-c3ccc(N(c4ccccc4)c4ccccc4)cc3)cc2)o1. The second-order valence-electron chi connectivity index (χ2n) is 8.68. The topological polar surface area (TPSA) is 49.5 Å². The van der Waals surface area contributed by atoms with Crippen molar-refractivity contribution in [2.75, 3.05) is 4.90 Å². The predicted molar refractivity (Wildman–Crippen MR) is 149 cm³/mol. The number of nitrogens with zero attached hydrogens (tertiary/aromatic N) is 2. The average Bonchev–Trinajstić information content (AvgIpc) is 3.45. The van der Waals surface area contributed by atoms with Crippen LogP contribution in [0.15, 0.2) is 144 Å². The number of aromatic nitrogens is 1. The number of aromatic hydroxyl groups is 1. The molecule has 0 saturated heterocycles. The summed E-state index contributed by atoms with van der Waals surface area (Å²) >= 11 is 0. The van der Waals surface area contributed by atoms with Crippen molar-refractivity contribution < 1.29 is 9.52 Å². The zero-order valence-corrected chi connectivity index (χ0v) is 20.0. The number of oxazole rings is 1. The van der Waals surface area contributed by atoms with Crippen LogP contribution in [0, 0.1) is 0 Å². The van der Waals surface area contributed by atoms with Crippen LogP contribution in [0.3, 0.4) is 0 Å². The van der Waals surface area contributed by atoms with Gasteiger partial charge in [0.15, 0.2) is 5.76 Å². The Morgan fingerprint density at radius 3 is 1.59 bits per heavy atom. The molecule has 0 spiro atoms. The van der Waals surface area contributed by atoms with E-state index in [2.05, 4.69) is 94.8 Å². The van der Waals surface area contributed by atoms with Crippen LogP contribution in [0.4, 0.5) is 17.1 Å². The molecule has 0 atom stereocenters. The lowest BCUT2D eigenvalue weighted by Crippen LogP contribution is -2.09. The molecule has 178 valence electrons. The van der Waals surface area contributed by atoms with Crippen LogP contribution in [-0.4, -0.2) is 10.1 Å². The van der Waals surface area contributed by atoms with E-state index in [0.29, 0.717) is 17.2 Å². The van der Waals surface area contributed by atoms with Crippen molar-refractivity contribution in [2.45, 2.75) is 0 Å². The van der Waals surface area contributed by atoms with Gasteiger partial charge >= 0.3 is 0 Å². The van der Waals surface area contributed by atoms with Crippen LogP contribution >= 0.6 is 0 Å². The maximum absolute atomic E-state index is 10.1. The van der Waals surface area contributed by atoms with Crippen molar-refractivity contribution in [3.8, 4) is 39.7 Å². The summed E-state index contributed by atoms with van der Waals surface area (Å²) in [6, 6.07) is 44.6. The first kappa shape index (κ1) is 22.4. The number of benzene rings is 5. The van der Waals surface area contributed by atoms with Gasteiger partial charge in [-0.05, 0) is 59.7 Å². The van der Waals surface area contributed by atoms with E-state index in [-0.39, 0.29) is 5.75 Å². The molecule has 0 aliphatic heterocycles. The summed E-state index contributed by atoms with van der Waals surface area (Å²) in [5.74, 6) is 1.20. The lowest BCUT2D eigenvalue weighted by atomic mass is 10.0. The zero-order valence-electron chi connectivity index (χ0n) is 20.0. The van der Waals surface area contributed by atoms with E-state index in [1.165, 1.54) is 0 Å². The third-order valence-electron chi connectivity index (χ3n) is 6.30.